The second kappa shape index (κ2) is 14.8. The molecule has 5 amide bonds. The maximum atomic E-state index is 14.6. The number of carbonyl (C=O) groups is 5. The second-order valence-corrected chi connectivity index (χ2v) is 23.2. The minimum atomic E-state index is -3.56. The Kier molecular flexibility index (Phi) is 11.6. The normalized spacial score (nSPS) is 24.7. The van der Waals surface area contributed by atoms with Crippen LogP contribution >= 0.6 is 23.5 Å². The van der Waals surface area contributed by atoms with Crippen molar-refractivity contribution in [3.8, 4) is 0 Å². The zero-order valence-electron chi connectivity index (χ0n) is 30.5. The number of hydrogen-bond acceptors (Lipinski definition) is 9. The molecule has 1 spiro atoms. The van der Waals surface area contributed by atoms with Gasteiger partial charge in [0.1, 0.15) is 12.1 Å². The standard InChI is InChI=1S/C35H57N5O7S3/c1-32(2,3)27(38-31(45)39-34(14-8-7-9-15-34)21-50(46,47)33(4,5)6)30(44)40-20-35(48-16-17-49-35)19-25(40)28(42)37-24(18-22-10-11-22)26(41)29(43)36-23-12-13-23/h22-25,27H,7-21H2,1-6H3,(H,36,43)(H,37,42)(H2,38,39,45)/t24?,25-,27+/m0/s1. The number of hydrogen-bond donors (Lipinski definition) is 4. The molecule has 3 saturated carbocycles. The van der Waals surface area contributed by atoms with Crippen LogP contribution in [0, 0.1) is 11.3 Å². The lowest BCUT2D eigenvalue weighted by Crippen LogP contribution is -2.63. The van der Waals surface area contributed by atoms with Gasteiger partial charge in [-0.15, -0.1) is 23.5 Å². The molecule has 15 heteroatoms. The van der Waals surface area contributed by atoms with Crippen LogP contribution in [0.4, 0.5) is 4.79 Å². The molecule has 0 aromatic carbocycles. The summed E-state index contributed by atoms with van der Waals surface area (Å²) >= 11 is 3.45. The number of carbonyl (C=O) groups excluding carboxylic acids is 5. The Morgan fingerprint density at radius 2 is 1.50 bits per heavy atom. The SMILES string of the molecule is CC(C)(C)[C@H](NC(=O)NC1(CS(=O)(=O)C(C)(C)C)CCCCC1)C(=O)N1CC2(C[C@H]1C(=O)NC(CC1CC1)C(=O)C(=O)NC1CC1)SCCS2. The van der Waals surface area contributed by atoms with E-state index in [1.54, 1.807) is 49.2 Å². The highest BCUT2D eigenvalue weighted by atomic mass is 32.2. The van der Waals surface area contributed by atoms with Crippen molar-refractivity contribution < 1.29 is 32.4 Å². The van der Waals surface area contributed by atoms with Crippen molar-refractivity contribution in [2.75, 3.05) is 23.8 Å². The lowest BCUT2D eigenvalue weighted by Gasteiger charge is -2.41. The van der Waals surface area contributed by atoms with Gasteiger partial charge in [0, 0.05) is 30.5 Å². The monoisotopic (exact) mass is 755 g/mol. The van der Waals surface area contributed by atoms with Gasteiger partial charge in [0.05, 0.1) is 26.2 Å². The fourth-order valence-electron chi connectivity index (χ4n) is 7.18. The van der Waals surface area contributed by atoms with E-state index < -0.39 is 77.3 Å². The summed E-state index contributed by atoms with van der Waals surface area (Å²) in [4.78, 5) is 70.1. The Labute approximate surface area is 306 Å². The summed E-state index contributed by atoms with van der Waals surface area (Å²) in [6.07, 6.45) is 7.91. The first kappa shape index (κ1) is 39.2. The molecule has 2 heterocycles. The largest absolute Gasteiger partial charge is 0.347 e. The topological polar surface area (TPSA) is 171 Å². The van der Waals surface area contributed by atoms with Gasteiger partial charge in [0.2, 0.25) is 17.6 Å². The summed E-state index contributed by atoms with van der Waals surface area (Å²) < 4.78 is 25.3. The Bertz CT molecular complexity index is 1440. The molecule has 0 radical (unpaired) electrons. The minimum absolute atomic E-state index is 0.0119. The molecule has 0 aromatic rings. The summed E-state index contributed by atoms with van der Waals surface area (Å²) in [5.41, 5.74) is -1.71. The average Bonchev–Trinajstić information content (AvgIpc) is 3.94. The summed E-state index contributed by atoms with van der Waals surface area (Å²) in [7, 11) is -3.56. The van der Waals surface area contributed by atoms with Gasteiger partial charge in [0.25, 0.3) is 5.91 Å². The third kappa shape index (κ3) is 9.50. The molecular weight excluding hydrogens is 699 g/mol. The van der Waals surface area contributed by atoms with Crippen molar-refractivity contribution in [3.05, 3.63) is 0 Å². The minimum Gasteiger partial charge on any atom is -0.347 e. The third-order valence-corrected chi connectivity index (χ3v) is 16.9. The molecule has 12 nitrogen and oxygen atoms in total. The lowest BCUT2D eigenvalue weighted by atomic mass is 9.83. The molecule has 4 N–H and O–H groups in total. The van der Waals surface area contributed by atoms with E-state index in [0.29, 0.717) is 32.2 Å². The van der Waals surface area contributed by atoms with Gasteiger partial charge < -0.3 is 26.2 Å². The second-order valence-electron chi connectivity index (χ2n) is 17.3. The van der Waals surface area contributed by atoms with Gasteiger partial charge in [-0.3, -0.25) is 19.2 Å². The number of thioether (sulfide) groups is 2. The Balaban J connectivity index is 1.35. The van der Waals surface area contributed by atoms with E-state index in [0.717, 1.165) is 56.5 Å². The van der Waals surface area contributed by atoms with Crippen molar-refractivity contribution in [3.63, 3.8) is 0 Å². The molecule has 50 heavy (non-hydrogen) atoms. The van der Waals surface area contributed by atoms with Crippen LogP contribution in [-0.2, 0) is 29.0 Å². The number of amides is 5. The first-order valence-electron chi connectivity index (χ1n) is 18.3. The fraction of sp³-hybridized carbons (Fsp3) is 0.857. The van der Waals surface area contributed by atoms with Crippen LogP contribution in [0.1, 0.15) is 112 Å². The van der Waals surface area contributed by atoms with E-state index in [-0.39, 0.29) is 17.7 Å². The van der Waals surface area contributed by atoms with Crippen molar-refractivity contribution in [2.24, 2.45) is 11.3 Å². The Morgan fingerprint density at radius 1 is 0.880 bits per heavy atom. The molecule has 2 saturated heterocycles. The average molecular weight is 756 g/mol. The van der Waals surface area contributed by atoms with Crippen LogP contribution in [0.25, 0.3) is 0 Å². The molecule has 5 rings (SSSR count). The number of sulfone groups is 1. The van der Waals surface area contributed by atoms with E-state index in [1.807, 2.05) is 20.8 Å². The number of urea groups is 1. The molecule has 3 atom stereocenters. The van der Waals surface area contributed by atoms with E-state index >= 15 is 0 Å². The molecule has 5 fully saturated rings. The number of ketones is 1. The number of nitrogens with one attached hydrogen (secondary N) is 4. The van der Waals surface area contributed by atoms with Crippen LogP contribution < -0.4 is 21.3 Å². The van der Waals surface area contributed by atoms with E-state index in [9.17, 15) is 32.4 Å². The van der Waals surface area contributed by atoms with Crippen LogP contribution in [0.15, 0.2) is 0 Å². The first-order valence-corrected chi connectivity index (χ1v) is 21.9. The summed E-state index contributed by atoms with van der Waals surface area (Å²) in [6, 6.07) is -3.49. The summed E-state index contributed by atoms with van der Waals surface area (Å²) in [5.74, 6) is -0.349. The summed E-state index contributed by atoms with van der Waals surface area (Å²) in [6.45, 7) is 10.8. The zero-order valence-corrected chi connectivity index (χ0v) is 33.0. The van der Waals surface area contributed by atoms with Crippen molar-refractivity contribution in [1.82, 2.24) is 26.2 Å². The van der Waals surface area contributed by atoms with Crippen LogP contribution in [-0.4, -0.2) is 105 Å². The van der Waals surface area contributed by atoms with Gasteiger partial charge in [-0.05, 0) is 64.2 Å². The van der Waals surface area contributed by atoms with Gasteiger partial charge in [-0.2, -0.15) is 0 Å². The predicted molar refractivity (Wildman–Crippen MR) is 197 cm³/mol. The Hall–Kier alpha value is -2.00. The van der Waals surface area contributed by atoms with Crippen molar-refractivity contribution in [2.45, 2.75) is 151 Å². The molecule has 1 unspecified atom stereocenters. The van der Waals surface area contributed by atoms with Crippen molar-refractivity contribution >= 4 is 62.9 Å². The zero-order chi connectivity index (χ0) is 36.7. The first-order chi connectivity index (χ1) is 23.2. The van der Waals surface area contributed by atoms with Gasteiger partial charge >= 0.3 is 6.03 Å². The fourth-order valence-corrected chi connectivity index (χ4v) is 12.0. The highest BCUT2D eigenvalue weighted by molar-refractivity contribution is 8.21. The molecule has 5 aliphatic rings. The number of nitrogens with zero attached hydrogens (tertiary/aromatic N) is 1. The lowest BCUT2D eigenvalue weighted by molar-refractivity contribution is -0.144. The van der Waals surface area contributed by atoms with Crippen molar-refractivity contribution in [1.29, 1.82) is 0 Å². The van der Waals surface area contributed by atoms with E-state index in [1.165, 1.54) is 0 Å². The van der Waals surface area contributed by atoms with E-state index in [4.69, 9.17) is 0 Å². The number of rotatable bonds is 12. The van der Waals surface area contributed by atoms with Gasteiger partial charge in [0.15, 0.2) is 9.84 Å². The smallest absolute Gasteiger partial charge is 0.315 e. The van der Waals surface area contributed by atoms with Gasteiger partial charge in [-0.1, -0.05) is 52.9 Å². The molecule has 0 bridgehead atoms. The number of likely N-dealkylation sites (tertiary alicyclic amines) is 1. The molecule has 282 valence electrons. The highest BCUT2D eigenvalue weighted by Gasteiger charge is 2.54. The van der Waals surface area contributed by atoms with Crippen LogP contribution in [0.5, 0.6) is 0 Å². The molecule has 0 aromatic heterocycles. The molecule has 3 aliphatic carbocycles. The molecule has 2 aliphatic heterocycles. The predicted octanol–water partition coefficient (Wildman–Crippen LogP) is 3.53. The maximum absolute atomic E-state index is 14.6. The maximum Gasteiger partial charge on any atom is 0.315 e. The van der Waals surface area contributed by atoms with Crippen LogP contribution in [0.2, 0.25) is 0 Å². The van der Waals surface area contributed by atoms with Gasteiger partial charge in [-0.25, -0.2) is 13.2 Å². The van der Waals surface area contributed by atoms with Crippen LogP contribution in [0.3, 0.4) is 0 Å². The summed E-state index contributed by atoms with van der Waals surface area (Å²) in [5, 5.41) is 11.6. The third-order valence-electron chi connectivity index (χ3n) is 10.7. The Morgan fingerprint density at radius 3 is 2.04 bits per heavy atom. The van der Waals surface area contributed by atoms with E-state index in [2.05, 4.69) is 21.3 Å². The quantitative estimate of drug-likeness (QED) is 0.218. The number of Topliss-reactive ketones (excluding diaryl/α,β-unsaturated/α-hetero) is 1. The molecular formula is C35H57N5O7S3. The highest BCUT2D eigenvalue weighted by Crippen LogP contribution is 2.52.